The molecule has 0 amide bonds. The number of nitrogens with one attached hydrogen (secondary N) is 2. The molecule has 0 saturated heterocycles. The number of fused-ring (bicyclic) bond motifs is 1. The zero-order valence-corrected chi connectivity index (χ0v) is 19.5. The van der Waals surface area contributed by atoms with E-state index < -0.39 is 11.7 Å². The van der Waals surface area contributed by atoms with Crippen LogP contribution in [0.25, 0.3) is 16.9 Å². The van der Waals surface area contributed by atoms with Crippen LogP contribution in [-0.4, -0.2) is 29.1 Å². The Morgan fingerprint density at radius 1 is 1.00 bits per heavy atom. The number of anilines is 3. The molecule has 0 spiro atoms. The van der Waals surface area contributed by atoms with Crippen molar-refractivity contribution in [3.63, 3.8) is 0 Å². The molecule has 5 rings (SSSR count). The van der Waals surface area contributed by atoms with Crippen LogP contribution in [0.2, 0.25) is 0 Å². The minimum atomic E-state index is -4.40. The number of nitrogens with zero attached hydrogens (tertiary/aromatic N) is 6. The molecule has 2 N–H and O–H groups in total. The van der Waals surface area contributed by atoms with E-state index in [2.05, 4.69) is 30.6 Å². The number of alkyl halides is 3. The summed E-state index contributed by atoms with van der Waals surface area (Å²) in [6.07, 6.45) is 2.56. The van der Waals surface area contributed by atoms with E-state index in [9.17, 15) is 13.2 Å². The average Bonchev–Trinajstić information content (AvgIpc) is 3.53. The lowest BCUT2D eigenvalue weighted by Gasteiger charge is -2.13. The molecule has 0 saturated carbocycles. The first-order chi connectivity index (χ1) is 17.3. The molecule has 11 heteroatoms. The number of halogens is 3. The molecule has 184 valence electrons. The third kappa shape index (κ3) is 4.85. The summed E-state index contributed by atoms with van der Waals surface area (Å²) in [7, 11) is 0. The molecule has 0 aliphatic carbocycles. The van der Waals surface area contributed by atoms with Crippen LogP contribution in [0.4, 0.5) is 30.6 Å². The topological polar surface area (TPSA) is 85.5 Å². The van der Waals surface area contributed by atoms with Gasteiger partial charge in [-0.25, -0.2) is 9.97 Å². The van der Waals surface area contributed by atoms with Crippen LogP contribution in [0, 0.1) is 0 Å². The normalized spacial score (nSPS) is 11.8. The van der Waals surface area contributed by atoms with Crippen molar-refractivity contribution < 1.29 is 13.2 Å². The SMILES string of the molecule is CC(C)n1cnc2c(NCc3cccc(C(F)(F)F)c3)nc(Nc3ccc(-n4ccnc4)cc3)nc21. The van der Waals surface area contributed by atoms with Gasteiger partial charge in [0.05, 0.1) is 18.2 Å². The van der Waals surface area contributed by atoms with Crippen LogP contribution >= 0.6 is 0 Å². The van der Waals surface area contributed by atoms with E-state index in [1.807, 2.05) is 53.4 Å². The van der Waals surface area contributed by atoms with Crippen molar-refractivity contribution >= 4 is 28.6 Å². The minimum absolute atomic E-state index is 0.100. The molecular weight excluding hydrogens is 469 g/mol. The van der Waals surface area contributed by atoms with Gasteiger partial charge >= 0.3 is 6.18 Å². The highest BCUT2D eigenvalue weighted by Crippen LogP contribution is 2.30. The van der Waals surface area contributed by atoms with E-state index in [0.29, 0.717) is 28.5 Å². The zero-order chi connectivity index (χ0) is 25.3. The molecule has 0 aliphatic heterocycles. The Morgan fingerprint density at radius 2 is 1.81 bits per heavy atom. The molecule has 36 heavy (non-hydrogen) atoms. The molecule has 3 heterocycles. The Bertz CT molecular complexity index is 1470. The average molecular weight is 493 g/mol. The Kier molecular flexibility index (Phi) is 6.05. The maximum absolute atomic E-state index is 13.1. The standard InChI is InChI=1S/C25H23F3N8/c1-16(2)36-15-31-21-22(30-13-17-4-3-5-18(12-17)25(26,27)28)33-24(34-23(21)36)32-19-6-8-20(9-7-19)35-11-10-29-14-35/h3-12,14-16H,13H2,1-2H3,(H2,30,32,33,34). The molecule has 5 aromatic rings. The fraction of sp³-hybridized carbons (Fsp3) is 0.200. The van der Waals surface area contributed by atoms with Gasteiger partial charge in [0.15, 0.2) is 17.0 Å². The van der Waals surface area contributed by atoms with E-state index in [1.165, 1.54) is 6.07 Å². The predicted molar refractivity (Wildman–Crippen MR) is 131 cm³/mol. The fourth-order valence-corrected chi connectivity index (χ4v) is 3.77. The van der Waals surface area contributed by atoms with E-state index in [4.69, 9.17) is 0 Å². The van der Waals surface area contributed by atoms with Crippen molar-refractivity contribution in [2.75, 3.05) is 10.6 Å². The van der Waals surface area contributed by atoms with Gasteiger partial charge < -0.3 is 19.8 Å². The van der Waals surface area contributed by atoms with Gasteiger partial charge in [-0.2, -0.15) is 23.1 Å². The molecule has 3 aromatic heterocycles. The lowest BCUT2D eigenvalue weighted by Crippen LogP contribution is -2.09. The van der Waals surface area contributed by atoms with Crippen molar-refractivity contribution in [3.05, 3.63) is 84.7 Å². The van der Waals surface area contributed by atoms with Gasteiger partial charge in [-0.05, 0) is 55.8 Å². The molecule has 0 atom stereocenters. The van der Waals surface area contributed by atoms with Crippen molar-refractivity contribution in [2.45, 2.75) is 32.6 Å². The van der Waals surface area contributed by atoms with Crippen LogP contribution in [-0.2, 0) is 12.7 Å². The third-order valence-electron chi connectivity index (χ3n) is 5.62. The monoisotopic (exact) mass is 492 g/mol. The molecule has 2 aromatic carbocycles. The van der Waals surface area contributed by atoms with E-state index in [0.717, 1.165) is 23.5 Å². The Morgan fingerprint density at radius 3 is 2.50 bits per heavy atom. The van der Waals surface area contributed by atoms with E-state index in [1.54, 1.807) is 24.9 Å². The highest BCUT2D eigenvalue weighted by Gasteiger charge is 2.30. The van der Waals surface area contributed by atoms with Crippen LogP contribution < -0.4 is 10.6 Å². The molecule has 0 bridgehead atoms. The first-order valence-electron chi connectivity index (χ1n) is 11.3. The van der Waals surface area contributed by atoms with Crippen molar-refractivity contribution in [1.29, 1.82) is 0 Å². The van der Waals surface area contributed by atoms with Crippen molar-refractivity contribution in [1.82, 2.24) is 29.1 Å². The van der Waals surface area contributed by atoms with Crippen LogP contribution in [0.15, 0.2) is 73.6 Å². The Labute approximate surface area is 204 Å². The molecule has 0 fully saturated rings. The fourth-order valence-electron chi connectivity index (χ4n) is 3.77. The highest BCUT2D eigenvalue weighted by molar-refractivity contribution is 5.84. The number of benzene rings is 2. The van der Waals surface area contributed by atoms with E-state index >= 15 is 0 Å². The maximum Gasteiger partial charge on any atom is 0.416 e. The highest BCUT2D eigenvalue weighted by atomic mass is 19.4. The molecule has 8 nitrogen and oxygen atoms in total. The van der Waals surface area contributed by atoms with Crippen molar-refractivity contribution in [3.8, 4) is 5.69 Å². The quantitative estimate of drug-likeness (QED) is 0.291. The second kappa shape index (κ2) is 9.33. The summed E-state index contributed by atoms with van der Waals surface area (Å²) in [5, 5.41) is 6.36. The van der Waals surface area contributed by atoms with Crippen LogP contribution in [0.1, 0.15) is 31.0 Å². The van der Waals surface area contributed by atoms with Gasteiger partial charge in [0.25, 0.3) is 0 Å². The molecular formula is C25H23F3N8. The molecule has 0 aliphatic rings. The van der Waals surface area contributed by atoms with Crippen LogP contribution in [0.3, 0.4) is 0 Å². The van der Waals surface area contributed by atoms with Gasteiger partial charge in [0, 0.05) is 36.4 Å². The summed E-state index contributed by atoms with van der Waals surface area (Å²) in [6, 6.07) is 13.0. The minimum Gasteiger partial charge on any atom is -0.364 e. The Hall–Kier alpha value is -4.41. The summed E-state index contributed by atoms with van der Waals surface area (Å²) in [5.41, 5.74) is 2.67. The van der Waals surface area contributed by atoms with Crippen molar-refractivity contribution in [2.24, 2.45) is 0 Å². The summed E-state index contributed by atoms with van der Waals surface area (Å²) in [6.45, 7) is 4.17. The maximum atomic E-state index is 13.1. The number of aromatic nitrogens is 6. The van der Waals surface area contributed by atoms with Gasteiger partial charge in [-0.3, -0.25) is 0 Å². The zero-order valence-electron chi connectivity index (χ0n) is 19.5. The number of rotatable bonds is 7. The molecule has 0 radical (unpaired) electrons. The summed E-state index contributed by atoms with van der Waals surface area (Å²) >= 11 is 0. The number of hydrogen-bond acceptors (Lipinski definition) is 6. The van der Waals surface area contributed by atoms with E-state index in [-0.39, 0.29) is 12.6 Å². The molecule has 0 unspecified atom stereocenters. The summed E-state index contributed by atoms with van der Waals surface area (Å²) in [4.78, 5) is 17.8. The second-order valence-corrected chi connectivity index (χ2v) is 8.51. The second-order valence-electron chi connectivity index (χ2n) is 8.51. The van der Waals surface area contributed by atoms with Crippen LogP contribution in [0.5, 0.6) is 0 Å². The summed E-state index contributed by atoms with van der Waals surface area (Å²) < 4.78 is 43.2. The third-order valence-corrected chi connectivity index (χ3v) is 5.62. The number of hydrogen-bond donors (Lipinski definition) is 2. The largest absolute Gasteiger partial charge is 0.416 e. The number of imidazole rings is 2. The lowest BCUT2D eigenvalue weighted by molar-refractivity contribution is -0.137. The smallest absolute Gasteiger partial charge is 0.364 e. The first-order valence-corrected chi connectivity index (χ1v) is 11.3. The van der Waals surface area contributed by atoms with Gasteiger partial charge in [0.1, 0.15) is 0 Å². The summed E-state index contributed by atoms with van der Waals surface area (Å²) in [5.74, 6) is 0.765. The van der Waals surface area contributed by atoms with Gasteiger partial charge in [-0.1, -0.05) is 12.1 Å². The first kappa shape index (κ1) is 23.3. The van der Waals surface area contributed by atoms with Gasteiger partial charge in [0.2, 0.25) is 5.95 Å². The predicted octanol–water partition coefficient (Wildman–Crippen LogP) is 5.97. The Balaban J connectivity index is 1.44. The lowest BCUT2D eigenvalue weighted by atomic mass is 10.1. The van der Waals surface area contributed by atoms with Gasteiger partial charge in [-0.15, -0.1) is 0 Å².